The molecule has 1 saturated heterocycles. The van der Waals surface area contributed by atoms with Crippen LogP contribution in [0, 0.1) is 0 Å². The Bertz CT molecular complexity index is 1350. The third kappa shape index (κ3) is 3.89. The van der Waals surface area contributed by atoms with Gasteiger partial charge in [0.15, 0.2) is 5.43 Å². The van der Waals surface area contributed by atoms with Gasteiger partial charge in [-0.3, -0.25) is 4.79 Å². The molecular weight excluding hydrogens is 452 g/mol. The predicted octanol–water partition coefficient (Wildman–Crippen LogP) is 5.31. The molecule has 1 aromatic heterocycles. The lowest BCUT2D eigenvalue weighted by atomic mass is 9.69. The average Bonchev–Trinajstić information content (AvgIpc) is 3.40. The van der Waals surface area contributed by atoms with Crippen LogP contribution < -0.4 is 15.1 Å². The molecule has 0 radical (unpaired) electrons. The largest absolute Gasteiger partial charge is 0.487 e. The highest BCUT2D eigenvalue weighted by Crippen LogP contribution is 2.51. The summed E-state index contributed by atoms with van der Waals surface area (Å²) in [6.45, 7) is 4.52. The molecule has 3 aromatic rings. The number of nitrogens with zero attached hydrogens (tertiary/aromatic N) is 2. The fourth-order valence-corrected chi connectivity index (χ4v) is 5.99. The number of hydrogen-bond donors (Lipinski definition) is 0. The van der Waals surface area contributed by atoms with Gasteiger partial charge in [-0.1, -0.05) is 30.3 Å². The molecule has 0 atom stereocenters. The Hall–Kier alpha value is -3.54. The normalized spacial score (nSPS) is 17.3. The Morgan fingerprint density at radius 1 is 1.03 bits per heavy atom. The number of anilines is 1. The molecule has 0 unspecified atom stereocenters. The summed E-state index contributed by atoms with van der Waals surface area (Å²) >= 11 is 0. The minimum Gasteiger partial charge on any atom is -0.487 e. The van der Waals surface area contributed by atoms with Crippen molar-refractivity contribution < 1.29 is 14.3 Å². The Kier molecular flexibility index (Phi) is 5.82. The summed E-state index contributed by atoms with van der Waals surface area (Å²) in [7, 11) is 0. The van der Waals surface area contributed by atoms with E-state index in [9.17, 15) is 9.59 Å². The van der Waals surface area contributed by atoms with Gasteiger partial charge >= 0.3 is 5.97 Å². The lowest BCUT2D eigenvalue weighted by Crippen LogP contribution is -2.46. The van der Waals surface area contributed by atoms with E-state index in [0.717, 1.165) is 79.9 Å². The molecule has 36 heavy (non-hydrogen) atoms. The molecule has 3 aliphatic rings. The summed E-state index contributed by atoms with van der Waals surface area (Å²) in [5.74, 6) is 0.369. The van der Waals surface area contributed by atoms with Gasteiger partial charge in [-0.05, 0) is 68.7 Å². The molecular formula is C30H32N2O4. The van der Waals surface area contributed by atoms with Crippen molar-refractivity contribution in [3.05, 3.63) is 81.6 Å². The summed E-state index contributed by atoms with van der Waals surface area (Å²) in [6, 6.07) is 16.3. The Morgan fingerprint density at radius 3 is 2.50 bits per heavy atom. The van der Waals surface area contributed by atoms with Gasteiger partial charge in [-0.2, -0.15) is 0 Å². The lowest BCUT2D eigenvalue weighted by Gasteiger charge is -2.49. The maximum Gasteiger partial charge on any atom is 0.343 e. The van der Waals surface area contributed by atoms with Crippen molar-refractivity contribution in [2.24, 2.45) is 0 Å². The van der Waals surface area contributed by atoms with Crippen molar-refractivity contribution >= 4 is 11.7 Å². The summed E-state index contributed by atoms with van der Waals surface area (Å²) in [6.07, 6.45) is 8.14. The van der Waals surface area contributed by atoms with Crippen LogP contribution in [0.15, 0.2) is 59.5 Å². The standard InChI is InChI=1S/C30H32N2O4/c1-2-35-29(34)24-19-32-25(17-27(24)33)23-16-26(31-13-6-7-14-31)28(36-20-21-9-4-3-5-10-21)15-22(23)18-30(32)11-8-12-30/h3-5,9-10,15-17,19H,2,6-8,11-14,18,20H2,1H3. The van der Waals surface area contributed by atoms with E-state index in [1.807, 2.05) is 18.2 Å². The van der Waals surface area contributed by atoms with Gasteiger partial charge in [-0.15, -0.1) is 0 Å². The maximum absolute atomic E-state index is 13.1. The van der Waals surface area contributed by atoms with Crippen LogP contribution in [0.3, 0.4) is 0 Å². The van der Waals surface area contributed by atoms with Gasteiger partial charge in [0.05, 0.1) is 18.0 Å². The van der Waals surface area contributed by atoms with Crippen molar-refractivity contribution in [1.82, 2.24) is 4.57 Å². The lowest BCUT2D eigenvalue weighted by molar-refractivity contribution is 0.0521. The van der Waals surface area contributed by atoms with Crippen LogP contribution in [0.1, 0.15) is 60.5 Å². The number of hydrogen-bond acceptors (Lipinski definition) is 5. The first-order chi connectivity index (χ1) is 17.6. The maximum atomic E-state index is 13.1. The quantitative estimate of drug-likeness (QED) is 0.444. The molecule has 0 N–H and O–H groups in total. The van der Waals surface area contributed by atoms with Gasteiger partial charge in [0.25, 0.3) is 0 Å². The van der Waals surface area contributed by atoms with E-state index >= 15 is 0 Å². The molecule has 1 aliphatic carbocycles. The molecule has 6 heteroatoms. The zero-order chi connectivity index (χ0) is 24.7. The van der Waals surface area contributed by atoms with Crippen LogP contribution in [0.4, 0.5) is 5.69 Å². The molecule has 1 spiro atoms. The first-order valence-corrected chi connectivity index (χ1v) is 13.1. The van der Waals surface area contributed by atoms with Crippen molar-refractivity contribution in [3.8, 4) is 17.0 Å². The third-order valence-electron chi connectivity index (χ3n) is 8.01. The van der Waals surface area contributed by atoms with Crippen LogP contribution in [0.5, 0.6) is 5.75 Å². The Balaban J connectivity index is 1.46. The van der Waals surface area contributed by atoms with Crippen LogP contribution >= 0.6 is 0 Å². The second-order valence-electron chi connectivity index (χ2n) is 10.2. The number of rotatable bonds is 6. The number of ether oxygens (including phenoxy) is 2. The Morgan fingerprint density at radius 2 is 1.81 bits per heavy atom. The molecule has 0 amide bonds. The van der Waals surface area contributed by atoms with Crippen LogP contribution in [-0.2, 0) is 23.3 Å². The van der Waals surface area contributed by atoms with E-state index in [0.29, 0.717) is 6.61 Å². The smallest absolute Gasteiger partial charge is 0.343 e. The molecule has 1 saturated carbocycles. The van der Waals surface area contributed by atoms with Crippen molar-refractivity contribution in [2.45, 2.75) is 57.6 Å². The fraction of sp³-hybridized carbons (Fsp3) is 0.400. The highest BCUT2D eigenvalue weighted by atomic mass is 16.5. The molecule has 2 aromatic carbocycles. The van der Waals surface area contributed by atoms with E-state index in [1.54, 1.807) is 19.2 Å². The molecule has 6 nitrogen and oxygen atoms in total. The van der Waals surface area contributed by atoms with Crippen molar-refractivity contribution in [3.63, 3.8) is 0 Å². The summed E-state index contributed by atoms with van der Waals surface area (Å²) in [5, 5.41) is 0. The van der Waals surface area contributed by atoms with E-state index in [1.165, 1.54) is 5.56 Å². The van der Waals surface area contributed by atoms with Crippen molar-refractivity contribution in [2.75, 3.05) is 24.6 Å². The zero-order valence-corrected chi connectivity index (χ0v) is 20.8. The number of carbonyl (C=O) groups excluding carboxylic acids is 1. The molecule has 3 heterocycles. The summed E-state index contributed by atoms with van der Waals surface area (Å²) in [5.41, 5.74) is 5.12. The number of fused-ring (bicyclic) bond motifs is 4. The number of carbonyl (C=O) groups is 1. The number of aromatic nitrogens is 1. The summed E-state index contributed by atoms with van der Waals surface area (Å²) < 4.78 is 13.8. The highest BCUT2D eigenvalue weighted by Gasteiger charge is 2.44. The molecule has 2 fully saturated rings. The van der Waals surface area contributed by atoms with Crippen LogP contribution in [-0.4, -0.2) is 30.2 Å². The first kappa shape index (κ1) is 22.9. The van der Waals surface area contributed by atoms with Gasteiger partial charge in [0.1, 0.15) is 17.9 Å². The van der Waals surface area contributed by atoms with Gasteiger partial charge < -0.3 is 18.9 Å². The van der Waals surface area contributed by atoms with Crippen LogP contribution in [0.2, 0.25) is 0 Å². The molecule has 0 bridgehead atoms. The SMILES string of the molecule is CCOC(=O)c1cn2c(cc1=O)-c1cc(N3CCCC3)c(OCc3ccccc3)cc1CC21CCC1. The second-order valence-corrected chi connectivity index (χ2v) is 10.2. The minimum atomic E-state index is -0.541. The highest BCUT2D eigenvalue weighted by molar-refractivity contribution is 5.89. The van der Waals surface area contributed by atoms with Gasteiger partial charge in [0, 0.05) is 36.5 Å². The first-order valence-electron chi connectivity index (χ1n) is 13.1. The van der Waals surface area contributed by atoms with Gasteiger partial charge in [-0.25, -0.2) is 4.79 Å². The van der Waals surface area contributed by atoms with E-state index < -0.39 is 5.97 Å². The van der Waals surface area contributed by atoms with E-state index in [2.05, 4.69) is 33.7 Å². The topological polar surface area (TPSA) is 60.8 Å². The number of pyridine rings is 1. The average molecular weight is 485 g/mol. The van der Waals surface area contributed by atoms with E-state index in [-0.39, 0.29) is 23.1 Å². The monoisotopic (exact) mass is 484 g/mol. The van der Waals surface area contributed by atoms with Crippen molar-refractivity contribution in [1.29, 1.82) is 0 Å². The summed E-state index contributed by atoms with van der Waals surface area (Å²) in [4.78, 5) is 28.0. The second kappa shape index (κ2) is 9.16. The zero-order valence-electron chi connectivity index (χ0n) is 20.8. The molecule has 2 aliphatic heterocycles. The van der Waals surface area contributed by atoms with Crippen LogP contribution in [0.25, 0.3) is 11.3 Å². The third-order valence-corrected chi connectivity index (χ3v) is 8.01. The van der Waals surface area contributed by atoms with E-state index in [4.69, 9.17) is 9.47 Å². The molecule has 6 rings (SSSR count). The number of benzene rings is 2. The fourth-order valence-electron chi connectivity index (χ4n) is 5.99. The minimum absolute atomic E-state index is 0.108. The number of esters is 1. The predicted molar refractivity (Wildman–Crippen MR) is 140 cm³/mol. The molecule has 186 valence electrons. The van der Waals surface area contributed by atoms with Gasteiger partial charge in [0.2, 0.25) is 0 Å². The Labute approximate surface area is 211 Å².